The van der Waals surface area contributed by atoms with Crippen molar-refractivity contribution < 1.29 is 67.2 Å². The summed E-state index contributed by atoms with van der Waals surface area (Å²) in [7, 11) is -8.07. The maximum atomic E-state index is 14.1. The summed E-state index contributed by atoms with van der Waals surface area (Å²) in [5.41, 5.74) is 0.277. The van der Waals surface area contributed by atoms with E-state index < -0.39 is 109 Å². The molecular formula is C30H39F2NO9S. The van der Waals surface area contributed by atoms with Crippen LogP contribution in [0.2, 0.25) is 0 Å². The van der Waals surface area contributed by atoms with E-state index in [-0.39, 0.29) is 35.1 Å². The van der Waals surface area contributed by atoms with Crippen molar-refractivity contribution in [3.05, 3.63) is 54.1 Å². The van der Waals surface area contributed by atoms with Crippen LogP contribution in [-0.4, -0.2) is 82.1 Å². The molecule has 4 rings (SSSR count). The molecular weight excluding hydrogens is 588 g/mol. The van der Waals surface area contributed by atoms with Gasteiger partial charge >= 0.3 is 12.6 Å². The van der Waals surface area contributed by atoms with Gasteiger partial charge in [0.2, 0.25) is 10.0 Å². The molecule has 0 aliphatic carbocycles. The summed E-state index contributed by atoms with van der Waals surface area (Å²) in [6.07, 6.45) is -7.09. The second kappa shape index (κ2) is 14.8. The normalized spacial score (nSPS) is 30.9. The Kier molecular flexibility index (Phi) is 6.95. The first-order chi connectivity index (χ1) is 25.0. The molecule has 1 unspecified atom stereocenters. The van der Waals surface area contributed by atoms with Gasteiger partial charge in [-0.1, -0.05) is 25.9 Å². The summed E-state index contributed by atoms with van der Waals surface area (Å²) in [5, 5.41) is 11.7. The van der Waals surface area contributed by atoms with Gasteiger partial charge in [-0.25, -0.2) is 8.42 Å². The SMILES string of the molecule is [2H]C([2H])([2H])Oc1ccc(C[C@H](CC(=O)O[C@]2([2H])[C@@H]3CCO[C@@H]3OC2([2H])[2H])[C@H](O)CN(C([2H])([2H])C([2H])(C)C([2H])([2H])[2H])S(=O)(=O)c2ccc(OC(F)F)cc2)cc1. The number of alkyl halides is 2. The van der Waals surface area contributed by atoms with Crippen molar-refractivity contribution in [2.45, 2.75) is 63.0 Å². The first kappa shape index (κ1) is 20.2. The van der Waals surface area contributed by atoms with Crippen molar-refractivity contribution in [1.29, 1.82) is 0 Å². The number of rotatable bonds is 15. The number of carbonyl (C=O) groups is 1. The monoisotopic (exact) mass is 639 g/mol. The van der Waals surface area contributed by atoms with Crippen LogP contribution in [0.4, 0.5) is 8.78 Å². The Balaban J connectivity index is 1.74. The van der Waals surface area contributed by atoms with Crippen molar-refractivity contribution in [2.24, 2.45) is 17.7 Å². The molecule has 2 saturated heterocycles. The Bertz CT molecular complexity index is 1770. The number of halogens is 2. The lowest BCUT2D eigenvalue weighted by Crippen LogP contribution is -2.43. The lowest BCUT2D eigenvalue weighted by molar-refractivity contribution is -0.153. The maximum absolute atomic E-state index is 14.1. The second-order valence-electron chi connectivity index (χ2n) is 9.80. The van der Waals surface area contributed by atoms with E-state index in [4.69, 9.17) is 35.4 Å². The number of aliphatic hydroxyl groups is 1. The molecule has 43 heavy (non-hydrogen) atoms. The predicted molar refractivity (Wildman–Crippen MR) is 151 cm³/mol. The summed E-state index contributed by atoms with van der Waals surface area (Å²) in [4.78, 5) is 12.7. The fourth-order valence-corrected chi connectivity index (χ4v) is 5.91. The molecule has 0 saturated carbocycles. The third kappa shape index (κ3) is 8.85. The minimum absolute atomic E-state index is 0.0753. The number of carbonyl (C=O) groups excluding carboxylic acids is 1. The number of fused-ring (bicyclic) bond motifs is 1. The Morgan fingerprint density at radius 1 is 1.23 bits per heavy atom. The first-order valence-electron chi connectivity index (χ1n) is 19.1. The number of nitrogens with zero attached hydrogens (tertiary/aromatic N) is 1. The predicted octanol–water partition coefficient (Wildman–Crippen LogP) is 3.86. The highest BCUT2D eigenvalue weighted by Gasteiger charge is 2.44. The number of aliphatic hydroxyl groups excluding tert-OH is 1. The summed E-state index contributed by atoms with van der Waals surface area (Å²) in [6.45, 7) is -13.9. The number of hydrogen-bond donors (Lipinski definition) is 1. The Hall–Kier alpha value is -2.84. The Morgan fingerprint density at radius 3 is 2.63 bits per heavy atom. The molecule has 0 radical (unpaired) electrons. The highest BCUT2D eigenvalue weighted by Crippen LogP contribution is 2.34. The fraction of sp³-hybridized carbons (Fsp3) is 0.567. The topological polar surface area (TPSA) is 121 Å². The Labute approximate surface area is 267 Å². The van der Waals surface area contributed by atoms with Gasteiger partial charge in [0.1, 0.15) is 17.6 Å². The minimum atomic E-state index is -5.26. The number of sulfonamides is 1. The molecule has 6 atom stereocenters. The van der Waals surface area contributed by atoms with Crippen LogP contribution in [0.3, 0.4) is 0 Å². The molecule has 2 fully saturated rings. The smallest absolute Gasteiger partial charge is 0.387 e. The number of benzene rings is 2. The average Bonchev–Trinajstić information content (AvgIpc) is 3.56. The zero-order chi connectivity index (χ0) is 41.6. The molecule has 2 aliphatic rings. The van der Waals surface area contributed by atoms with Crippen LogP contribution in [0.5, 0.6) is 11.5 Å². The molecule has 0 aromatic heterocycles. The van der Waals surface area contributed by atoms with Gasteiger partial charge in [-0.3, -0.25) is 4.79 Å². The fourth-order valence-electron chi connectivity index (χ4n) is 4.57. The van der Waals surface area contributed by atoms with Crippen LogP contribution in [0.1, 0.15) is 48.6 Å². The number of hydrogen-bond acceptors (Lipinski definition) is 9. The van der Waals surface area contributed by atoms with E-state index >= 15 is 0 Å². The minimum Gasteiger partial charge on any atom is -0.497 e. The molecule has 0 amide bonds. The van der Waals surface area contributed by atoms with Gasteiger partial charge in [-0.2, -0.15) is 13.1 Å². The van der Waals surface area contributed by atoms with Crippen LogP contribution in [0.15, 0.2) is 53.4 Å². The van der Waals surface area contributed by atoms with Crippen molar-refractivity contribution in [3.8, 4) is 11.5 Å². The molecule has 2 heterocycles. The number of ether oxygens (including phenoxy) is 5. The van der Waals surface area contributed by atoms with Crippen molar-refractivity contribution in [2.75, 3.05) is 33.2 Å². The zero-order valence-corrected chi connectivity index (χ0v) is 23.7. The van der Waals surface area contributed by atoms with E-state index in [2.05, 4.69) is 4.74 Å². The first-order valence-corrected chi connectivity index (χ1v) is 14.5. The van der Waals surface area contributed by atoms with Gasteiger partial charge in [0, 0.05) is 27.2 Å². The van der Waals surface area contributed by atoms with Crippen LogP contribution in [0.25, 0.3) is 0 Å². The van der Waals surface area contributed by atoms with Gasteiger partial charge in [0.15, 0.2) is 6.29 Å². The van der Waals surface area contributed by atoms with Crippen LogP contribution in [-0.2, 0) is 35.4 Å². The zero-order valence-electron chi connectivity index (χ0n) is 34.9. The maximum Gasteiger partial charge on any atom is 0.387 e. The molecule has 2 aliphatic heterocycles. The molecule has 238 valence electrons. The van der Waals surface area contributed by atoms with E-state index in [0.717, 1.165) is 24.3 Å². The van der Waals surface area contributed by atoms with Crippen molar-refractivity contribution in [1.82, 2.24) is 4.31 Å². The number of methoxy groups -OCH3 is 1. The molecule has 0 spiro atoms. The lowest BCUT2D eigenvalue weighted by Gasteiger charge is -2.30. The summed E-state index contributed by atoms with van der Waals surface area (Å²) in [5.74, 6) is -7.60. The van der Waals surface area contributed by atoms with Gasteiger partial charge in [-0.15, -0.1) is 0 Å². The van der Waals surface area contributed by atoms with Crippen LogP contribution < -0.4 is 9.47 Å². The van der Waals surface area contributed by atoms with Crippen molar-refractivity contribution >= 4 is 16.0 Å². The standard InChI is InChI=1S/C30H39F2NO9S/c1-19(2)16-33(43(36,37)24-10-8-23(9-11-24)41-30(31)32)17-26(34)21(14-20-4-6-22(38-3)7-5-20)15-28(35)42-27-18-40-29-25(27)12-13-39-29/h4-11,19,21,25-27,29-30,34H,12-18H2,1-3H3/t21-,25+,26-,27+,29-/m1/s1/i1D3,3D3,16D2,18D2,19D,27D/t19?,21-,25+,26-,27+,29-. The summed E-state index contributed by atoms with van der Waals surface area (Å²) < 4.78 is 175. The Morgan fingerprint density at radius 2 is 1.95 bits per heavy atom. The van der Waals surface area contributed by atoms with Gasteiger partial charge < -0.3 is 28.8 Å². The van der Waals surface area contributed by atoms with E-state index in [1.54, 1.807) is 0 Å². The molecule has 2 aromatic carbocycles. The van der Waals surface area contributed by atoms with Crippen LogP contribution in [0, 0.1) is 17.7 Å². The largest absolute Gasteiger partial charge is 0.497 e. The average molecular weight is 640 g/mol. The quantitative estimate of drug-likeness (QED) is 0.290. The van der Waals surface area contributed by atoms with Gasteiger partial charge in [0.05, 0.1) is 51.8 Å². The molecule has 2 aromatic rings. The van der Waals surface area contributed by atoms with E-state index in [9.17, 15) is 27.1 Å². The number of esters is 1. The van der Waals surface area contributed by atoms with Crippen molar-refractivity contribution in [3.63, 3.8) is 0 Å². The lowest BCUT2D eigenvalue weighted by atomic mass is 9.90. The van der Waals surface area contributed by atoms with Gasteiger partial charge in [0.25, 0.3) is 0 Å². The molecule has 13 heteroatoms. The van der Waals surface area contributed by atoms with E-state index in [1.807, 2.05) is 0 Å². The second-order valence-corrected chi connectivity index (χ2v) is 11.7. The highest BCUT2D eigenvalue weighted by molar-refractivity contribution is 7.89. The third-order valence-corrected chi connectivity index (χ3v) is 8.36. The molecule has 10 nitrogen and oxygen atoms in total. The summed E-state index contributed by atoms with van der Waals surface area (Å²) >= 11 is 0. The van der Waals surface area contributed by atoms with E-state index in [0.29, 0.717) is 6.92 Å². The van der Waals surface area contributed by atoms with Gasteiger partial charge in [-0.05, 0) is 60.7 Å². The molecule has 1 N–H and O–H groups in total. The van der Waals surface area contributed by atoms with E-state index in [1.165, 1.54) is 24.3 Å². The summed E-state index contributed by atoms with van der Waals surface area (Å²) in [6, 6.07) is 8.30. The highest BCUT2D eigenvalue weighted by atomic mass is 32.2. The van der Waals surface area contributed by atoms with Crippen LogP contribution >= 0.6 is 0 Å². The third-order valence-electron chi connectivity index (χ3n) is 6.67. The molecule has 0 bridgehead atoms.